The highest BCUT2D eigenvalue weighted by Crippen LogP contribution is 2.23. The summed E-state index contributed by atoms with van der Waals surface area (Å²) in [6, 6.07) is 0.0162. The molecule has 1 N–H and O–H groups in total. The molecule has 3 heteroatoms. The minimum atomic E-state index is -0.465. The van der Waals surface area contributed by atoms with Crippen molar-refractivity contribution < 1.29 is 9.90 Å². The van der Waals surface area contributed by atoms with Gasteiger partial charge in [-0.25, -0.2) is 0 Å². The molecule has 0 bridgehead atoms. The van der Waals surface area contributed by atoms with Crippen molar-refractivity contribution >= 4 is 5.91 Å². The average Bonchev–Trinajstić information content (AvgIpc) is 2.07. The standard InChI is InChI=1S/C8H15NO2/c1-5(2)8-6(10)4-7(11)9(8)3/h5-6,8,10H,4H2,1-3H3/t6-,8-/m0/s1. The zero-order chi connectivity index (χ0) is 8.59. The zero-order valence-corrected chi connectivity index (χ0v) is 7.24. The van der Waals surface area contributed by atoms with Crippen LogP contribution >= 0.6 is 0 Å². The van der Waals surface area contributed by atoms with E-state index in [1.165, 1.54) is 0 Å². The van der Waals surface area contributed by atoms with Gasteiger partial charge in [-0.15, -0.1) is 0 Å². The fourth-order valence-electron chi connectivity index (χ4n) is 1.76. The van der Waals surface area contributed by atoms with Crippen LogP contribution in [0.25, 0.3) is 0 Å². The van der Waals surface area contributed by atoms with E-state index in [0.717, 1.165) is 0 Å². The second kappa shape index (κ2) is 2.81. The quantitative estimate of drug-likeness (QED) is 0.592. The molecule has 1 fully saturated rings. The number of aliphatic hydroxyl groups is 1. The van der Waals surface area contributed by atoms with Gasteiger partial charge in [0.2, 0.25) is 5.91 Å². The Morgan fingerprint density at radius 1 is 1.64 bits per heavy atom. The second-order valence-corrected chi connectivity index (χ2v) is 3.51. The molecule has 1 aliphatic rings. The van der Waals surface area contributed by atoms with Crippen molar-refractivity contribution in [3.05, 3.63) is 0 Å². The predicted octanol–water partition coefficient (Wildman–Crippen LogP) is 0.234. The summed E-state index contributed by atoms with van der Waals surface area (Å²) in [7, 11) is 1.75. The van der Waals surface area contributed by atoms with Crippen LogP contribution in [-0.4, -0.2) is 35.1 Å². The van der Waals surface area contributed by atoms with Gasteiger partial charge in [0.1, 0.15) is 0 Å². The van der Waals surface area contributed by atoms with Crippen LogP contribution in [0.1, 0.15) is 20.3 Å². The Balaban J connectivity index is 2.71. The van der Waals surface area contributed by atoms with Crippen LogP contribution in [0.2, 0.25) is 0 Å². The molecule has 0 spiro atoms. The third kappa shape index (κ3) is 1.38. The maximum Gasteiger partial charge on any atom is 0.225 e. The molecule has 0 aliphatic carbocycles. The fraction of sp³-hybridized carbons (Fsp3) is 0.875. The van der Waals surface area contributed by atoms with Crippen molar-refractivity contribution in [1.82, 2.24) is 4.90 Å². The molecule has 64 valence electrons. The maximum absolute atomic E-state index is 11.1. The Morgan fingerprint density at radius 2 is 2.18 bits per heavy atom. The number of likely N-dealkylation sites (N-methyl/N-ethyl adjacent to an activating group) is 1. The summed E-state index contributed by atoms with van der Waals surface area (Å²) in [5.41, 5.74) is 0. The highest BCUT2D eigenvalue weighted by Gasteiger charge is 2.37. The van der Waals surface area contributed by atoms with Crippen LogP contribution in [0.3, 0.4) is 0 Å². The van der Waals surface area contributed by atoms with E-state index in [-0.39, 0.29) is 11.9 Å². The van der Waals surface area contributed by atoms with E-state index in [0.29, 0.717) is 12.3 Å². The average molecular weight is 157 g/mol. The summed E-state index contributed by atoms with van der Waals surface area (Å²) in [6.45, 7) is 4.03. The van der Waals surface area contributed by atoms with Gasteiger partial charge in [0, 0.05) is 7.05 Å². The summed E-state index contributed by atoms with van der Waals surface area (Å²) >= 11 is 0. The van der Waals surface area contributed by atoms with E-state index in [1.54, 1.807) is 11.9 Å². The molecule has 1 heterocycles. The summed E-state index contributed by atoms with van der Waals surface area (Å²) in [4.78, 5) is 12.7. The number of aliphatic hydroxyl groups excluding tert-OH is 1. The summed E-state index contributed by atoms with van der Waals surface area (Å²) in [5, 5.41) is 9.44. The van der Waals surface area contributed by atoms with Gasteiger partial charge in [0.25, 0.3) is 0 Å². The van der Waals surface area contributed by atoms with Crippen LogP contribution in [0.15, 0.2) is 0 Å². The number of hydrogen-bond donors (Lipinski definition) is 1. The molecule has 1 aliphatic heterocycles. The number of amides is 1. The first-order valence-corrected chi connectivity index (χ1v) is 3.97. The minimum absolute atomic E-state index is 0.0162. The van der Waals surface area contributed by atoms with Gasteiger partial charge in [-0.05, 0) is 5.92 Å². The third-order valence-electron chi connectivity index (χ3n) is 2.30. The van der Waals surface area contributed by atoms with Crippen LogP contribution in [0.5, 0.6) is 0 Å². The number of carbonyl (C=O) groups excluding carboxylic acids is 1. The SMILES string of the molecule is CC(C)[C@H]1[C@@H](O)CC(=O)N1C. The van der Waals surface area contributed by atoms with Crippen molar-refractivity contribution in [3.63, 3.8) is 0 Å². The Kier molecular flexibility index (Phi) is 2.18. The lowest BCUT2D eigenvalue weighted by Gasteiger charge is -2.25. The molecule has 3 nitrogen and oxygen atoms in total. The van der Waals surface area contributed by atoms with E-state index in [4.69, 9.17) is 0 Å². The Labute approximate surface area is 67.0 Å². The first-order chi connectivity index (χ1) is 5.04. The first-order valence-electron chi connectivity index (χ1n) is 3.97. The van der Waals surface area contributed by atoms with Crippen molar-refractivity contribution in [3.8, 4) is 0 Å². The molecular formula is C8H15NO2. The summed E-state index contributed by atoms with van der Waals surface area (Å²) < 4.78 is 0. The molecule has 0 aromatic heterocycles. The van der Waals surface area contributed by atoms with Gasteiger partial charge >= 0.3 is 0 Å². The summed E-state index contributed by atoms with van der Waals surface area (Å²) in [6.07, 6.45) is -0.174. The molecule has 0 radical (unpaired) electrons. The lowest BCUT2D eigenvalue weighted by atomic mass is 10.00. The second-order valence-electron chi connectivity index (χ2n) is 3.51. The topological polar surface area (TPSA) is 40.5 Å². The fourth-order valence-corrected chi connectivity index (χ4v) is 1.76. The lowest BCUT2D eigenvalue weighted by molar-refractivity contribution is -0.128. The predicted molar refractivity (Wildman–Crippen MR) is 42.0 cm³/mol. The van der Waals surface area contributed by atoms with E-state index >= 15 is 0 Å². The Morgan fingerprint density at radius 3 is 2.36 bits per heavy atom. The van der Waals surface area contributed by atoms with Gasteiger partial charge in [0.05, 0.1) is 18.6 Å². The molecular weight excluding hydrogens is 142 g/mol. The van der Waals surface area contributed by atoms with E-state index in [2.05, 4.69) is 0 Å². The Hall–Kier alpha value is -0.570. The van der Waals surface area contributed by atoms with Crippen molar-refractivity contribution in [2.75, 3.05) is 7.05 Å². The molecule has 2 atom stereocenters. The largest absolute Gasteiger partial charge is 0.390 e. The van der Waals surface area contributed by atoms with Crippen molar-refractivity contribution in [2.24, 2.45) is 5.92 Å². The molecule has 0 saturated carbocycles. The lowest BCUT2D eigenvalue weighted by Crippen LogP contribution is -2.37. The highest BCUT2D eigenvalue weighted by molar-refractivity contribution is 5.79. The van der Waals surface area contributed by atoms with E-state index < -0.39 is 6.10 Å². The Bertz CT molecular complexity index is 167. The normalized spacial score (nSPS) is 32.1. The van der Waals surface area contributed by atoms with Crippen molar-refractivity contribution in [2.45, 2.75) is 32.4 Å². The molecule has 1 amide bonds. The van der Waals surface area contributed by atoms with Gasteiger partial charge in [0.15, 0.2) is 0 Å². The van der Waals surface area contributed by atoms with Gasteiger partial charge < -0.3 is 10.0 Å². The van der Waals surface area contributed by atoms with Gasteiger partial charge in [-0.1, -0.05) is 13.8 Å². The molecule has 1 saturated heterocycles. The number of nitrogens with zero attached hydrogens (tertiary/aromatic N) is 1. The number of likely N-dealkylation sites (tertiary alicyclic amines) is 1. The molecule has 0 aromatic carbocycles. The van der Waals surface area contributed by atoms with Crippen LogP contribution in [0.4, 0.5) is 0 Å². The minimum Gasteiger partial charge on any atom is -0.390 e. The smallest absolute Gasteiger partial charge is 0.225 e. The molecule has 0 unspecified atom stereocenters. The number of hydrogen-bond acceptors (Lipinski definition) is 2. The van der Waals surface area contributed by atoms with Crippen molar-refractivity contribution in [1.29, 1.82) is 0 Å². The zero-order valence-electron chi connectivity index (χ0n) is 7.24. The van der Waals surface area contributed by atoms with Crippen LogP contribution < -0.4 is 0 Å². The van der Waals surface area contributed by atoms with E-state index in [9.17, 15) is 9.90 Å². The molecule has 0 aromatic rings. The number of rotatable bonds is 1. The maximum atomic E-state index is 11.1. The van der Waals surface area contributed by atoms with E-state index in [1.807, 2.05) is 13.8 Å². The van der Waals surface area contributed by atoms with Crippen LogP contribution in [-0.2, 0) is 4.79 Å². The third-order valence-corrected chi connectivity index (χ3v) is 2.30. The van der Waals surface area contributed by atoms with Gasteiger partial charge in [-0.3, -0.25) is 4.79 Å². The first kappa shape index (κ1) is 8.53. The molecule has 11 heavy (non-hydrogen) atoms. The highest BCUT2D eigenvalue weighted by atomic mass is 16.3. The van der Waals surface area contributed by atoms with Crippen LogP contribution in [0, 0.1) is 5.92 Å². The van der Waals surface area contributed by atoms with Gasteiger partial charge in [-0.2, -0.15) is 0 Å². The molecule has 1 rings (SSSR count). The number of carbonyl (C=O) groups is 1. The monoisotopic (exact) mass is 157 g/mol. The summed E-state index contributed by atoms with van der Waals surface area (Å²) in [5.74, 6) is 0.387.